The molecule has 0 bridgehead atoms. The average Bonchev–Trinajstić information content (AvgIpc) is 2.39. The van der Waals surface area contributed by atoms with Gasteiger partial charge in [-0.1, -0.05) is 33.1 Å². The lowest BCUT2D eigenvalue weighted by Gasteiger charge is -2.25. The second kappa shape index (κ2) is 11.0. The van der Waals surface area contributed by atoms with Crippen LogP contribution < -0.4 is 10.6 Å². The van der Waals surface area contributed by atoms with Gasteiger partial charge in [-0.25, -0.2) is 0 Å². The average molecular weight is 242 g/mol. The van der Waals surface area contributed by atoms with Crippen LogP contribution in [0.5, 0.6) is 0 Å². The topological polar surface area (TPSA) is 24.1 Å². The molecule has 1 fully saturated rings. The van der Waals surface area contributed by atoms with E-state index in [1.807, 2.05) is 7.05 Å². The van der Waals surface area contributed by atoms with E-state index in [-0.39, 0.29) is 0 Å². The van der Waals surface area contributed by atoms with E-state index >= 15 is 0 Å². The summed E-state index contributed by atoms with van der Waals surface area (Å²) in [5, 5.41) is 6.78. The van der Waals surface area contributed by atoms with Crippen molar-refractivity contribution in [1.29, 1.82) is 0 Å². The van der Waals surface area contributed by atoms with Crippen LogP contribution in [0.25, 0.3) is 0 Å². The molecule has 1 rings (SSSR count). The minimum Gasteiger partial charge on any atom is -0.317 e. The van der Waals surface area contributed by atoms with Gasteiger partial charge in [-0.05, 0) is 46.6 Å². The molecular formula is C15H34N2. The number of hydrogen-bond donors (Lipinski definition) is 2. The van der Waals surface area contributed by atoms with Gasteiger partial charge in [0.05, 0.1) is 0 Å². The molecule has 0 aromatic rings. The monoisotopic (exact) mass is 242 g/mol. The third-order valence-electron chi connectivity index (χ3n) is 3.84. The van der Waals surface area contributed by atoms with E-state index in [1.54, 1.807) is 0 Å². The lowest BCUT2D eigenvalue weighted by Crippen LogP contribution is -2.37. The summed E-state index contributed by atoms with van der Waals surface area (Å²) in [6.07, 6.45) is 9.63. The zero-order valence-corrected chi connectivity index (χ0v) is 12.7. The van der Waals surface area contributed by atoms with E-state index in [0.29, 0.717) is 6.04 Å². The molecule has 0 aliphatic heterocycles. The molecule has 1 saturated carbocycles. The fourth-order valence-corrected chi connectivity index (χ4v) is 1.99. The Kier molecular flexibility index (Phi) is 11.0. The third-order valence-corrected chi connectivity index (χ3v) is 3.84. The Morgan fingerprint density at radius 2 is 1.47 bits per heavy atom. The van der Waals surface area contributed by atoms with Crippen molar-refractivity contribution >= 4 is 0 Å². The maximum Gasteiger partial charge on any atom is 0.00695 e. The first-order valence-corrected chi connectivity index (χ1v) is 7.57. The molecule has 0 spiro atoms. The molecule has 1 aliphatic rings. The van der Waals surface area contributed by atoms with Crippen LogP contribution in [0.1, 0.15) is 72.6 Å². The third kappa shape index (κ3) is 9.61. The molecule has 2 atom stereocenters. The molecule has 2 unspecified atom stereocenters. The first kappa shape index (κ1) is 16.9. The van der Waals surface area contributed by atoms with E-state index in [9.17, 15) is 0 Å². The molecule has 2 N–H and O–H groups in total. The summed E-state index contributed by atoms with van der Waals surface area (Å²) in [6.45, 7) is 8.87. The van der Waals surface area contributed by atoms with Crippen LogP contribution in [0.4, 0.5) is 0 Å². The van der Waals surface area contributed by atoms with Crippen molar-refractivity contribution in [2.75, 3.05) is 7.05 Å². The van der Waals surface area contributed by atoms with Crippen LogP contribution in [0.15, 0.2) is 0 Å². The van der Waals surface area contributed by atoms with Crippen molar-refractivity contribution in [3.05, 3.63) is 0 Å². The maximum absolute atomic E-state index is 3.67. The molecule has 0 radical (unpaired) electrons. The molecule has 1 aliphatic carbocycles. The quantitative estimate of drug-likeness (QED) is 0.768. The Bertz CT molecular complexity index is 149. The molecule has 0 aromatic carbocycles. The van der Waals surface area contributed by atoms with E-state index in [4.69, 9.17) is 0 Å². The highest BCUT2D eigenvalue weighted by atomic mass is 14.9. The van der Waals surface area contributed by atoms with Crippen molar-refractivity contribution in [1.82, 2.24) is 10.6 Å². The molecule has 0 aromatic heterocycles. The summed E-state index contributed by atoms with van der Waals surface area (Å²) in [5.41, 5.74) is 0. The molecule has 0 heterocycles. The Morgan fingerprint density at radius 3 is 1.82 bits per heavy atom. The lowest BCUT2D eigenvalue weighted by atomic mass is 9.95. The predicted octanol–water partition coefficient (Wildman–Crippen LogP) is 3.71. The Labute approximate surface area is 109 Å². The zero-order valence-electron chi connectivity index (χ0n) is 12.7. The van der Waals surface area contributed by atoms with E-state index in [1.165, 1.54) is 44.9 Å². The molecule has 2 heteroatoms. The van der Waals surface area contributed by atoms with Gasteiger partial charge in [0, 0.05) is 18.1 Å². The first-order valence-electron chi connectivity index (χ1n) is 7.57. The van der Waals surface area contributed by atoms with Crippen molar-refractivity contribution in [2.45, 2.75) is 90.8 Å². The fraction of sp³-hybridized carbons (Fsp3) is 1.00. The van der Waals surface area contributed by atoms with Gasteiger partial charge in [0.15, 0.2) is 0 Å². The van der Waals surface area contributed by atoms with Gasteiger partial charge in [0.25, 0.3) is 0 Å². The molecule has 17 heavy (non-hydrogen) atoms. The second-order valence-corrected chi connectivity index (χ2v) is 5.41. The number of rotatable bonds is 5. The largest absolute Gasteiger partial charge is 0.317 e. The zero-order chi connectivity index (χ0) is 13.1. The standard InChI is InChI=1S/C10H21N.C5H13N/c1-3-9(2)11-10-7-5-4-6-8-10;1-4-5(2)6-3/h9-11H,3-8H2,1-2H3;5-6H,4H2,1-3H3. The van der Waals surface area contributed by atoms with Crippen LogP contribution in [-0.4, -0.2) is 25.2 Å². The second-order valence-electron chi connectivity index (χ2n) is 5.41. The van der Waals surface area contributed by atoms with Crippen molar-refractivity contribution in [2.24, 2.45) is 0 Å². The van der Waals surface area contributed by atoms with Gasteiger partial charge in [0.1, 0.15) is 0 Å². The Balaban J connectivity index is 0.000000366. The summed E-state index contributed by atoms with van der Waals surface area (Å²) in [7, 11) is 1.98. The molecular weight excluding hydrogens is 208 g/mol. The SMILES string of the molecule is CCC(C)NC.CCC(C)NC1CCCCC1. The minimum absolute atomic E-state index is 0.685. The first-order chi connectivity index (χ1) is 8.13. The van der Waals surface area contributed by atoms with Gasteiger partial charge >= 0.3 is 0 Å². The van der Waals surface area contributed by atoms with Gasteiger partial charge in [0.2, 0.25) is 0 Å². The van der Waals surface area contributed by atoms with Gasteiger partial charge in [-0.15, -0.1) is 0 Å². The minimum atomic E-state index is 0.685. The summed E-state index contributed by atoms with van der Waals surface area (Å²) in [6, 6.07) is 2.24. The number of nitrogens with one attached hydrogen (secondary N) is 2. The lowest BCUT2D eigenvalue weighted by molar-refractivity contribution is 0.340. The van der Waals surface area contributed by atoms with Crippen LogP contribution in [0.3, 0.4) is 0 Å². The van der Waals surface area contributed by atoms with Crippen LogP contribution in [-0.2, 0) is 0 Å². The van der Waals surface area contributed by atoms with Crippen molar-refractivity contribution in [3.8, 4) is 0 Å². The number of hydrogen-bond acceptors (Lipinski definition) is 2. The van der Waals surface area contributed by atoms with E-state index in [2.05, 4.69) is 38.3 Å². The van der Waals surface area contributed by atoms with Crippen LogP contribution in [0.2, 0.25) is 0 Å². The van der Waals surface area contributed by atoms with E-state index < -0.39 is 0 Å². The molecule has 0 amide bonds. The van der Waals surface area contributed by atoms with Gasteiger partial charge in [-0.3, -0.25) is 0 Å². The maximum atomic E-state index is 3.67. The Morgan fingerprint density at radius 1 is 0.941 bits per heavy atom. The van der Waals surface area contributed by atoms with Crippen LogP contribution >= 0.6 is 0 Å². The fourth-order valence-electron chi connectivity index (χ4n) is 1.99. The molecule has 104 valence electrons. The van der Waals surface area contributed by atoms with Crippen molar-refractivity contribution in [3.63, 3.8) is 0 Å². The van der Waals surface area contributed by atoms with Crippen LogP contribution in [0, 0.1) is 0 Å². The smallest absolute Gasteiger partial charge is 0.00695 e. The summed E-state index contributed by atoms with van der Waals surface area (Å²) in [5.74, 6) is 0. The van der Waals surface area contributed by atoms with E-state index in [0.717, 1.165) is 12.1 Å². The summed E-state index contributed by atoms with van der Waals surface area (Å²) < 4.78 is 0. The highest BCUT2D eigenvalue weighted by Crippen LogP contribution is 2.17. The Hall–Kier alpha value is -0.0800. The van der Waals surface area contributed by atoms with Crippen molar-refractivity contribution < 1.29 is 0 Å². The predicted molar refractivity (Wildman–Crippen MR) is 78.6 cm³/mol. The molecule has 0 saturated heterocycles. The highest BCUT2D eigenvalue weighted by molar-refractivity contribution is 4.74. The highest BCUT2D eigenvalue weighted by Gasteiger charge is 2.13. The summed E-state index contributed by atoms with van der Waals surface area (Å²) in [4.78, 5) is 0. The summed E-state index contributed by atoms with van der Waals surface area (Å²) >= 11 is 0. The van der Waals surface area contributed by atoms with Gasteiger partial charge < -0.3 is 10.6 Å². The molecule has 2 nitrogen and oxygen atoms in total. The van der Waals surface area contributed by atoms with Gasteiger partial charge in [-0.2, -0.15) is 0 Å². The normalized spacial score (nSPS) is 20.3.